The first-order valence-corrected chi connectivity index (χ1v) is 5.95. The van der Waals surface area contributed by atoms with E-state index in [-0.39, 0.29) is 0 Å². The molecule has 0 atom stereocenters. The van der Waals surface area contributed by atoms with Crippen molar-refractivity contribution in [3.63, 3.8) is 0 Å². The van der Waals surface area contributed by atoms with Gasteiger partial charge >= 0.3 is 0 Å². The number of hydrogen-bond acceptors (Lipinski definition) is 5. The van der Waals surface area contributed by atoms with Crippen molar-refractivity contribution in [2.45, 2.75) is 6.92 Å². The summed E-state index contributed by atoms with van der Waals surface area (Å²) < 4.78 is 16.8. The number of halogens is 1. The van der Waals surface area contributed by atoms with Crippen molar-refractivity contribution >= 4 is 22.9 Å². The van der Waals surface area contributed by atoms with Gasteiger partial charge in [0.1, 0.15) is 34.4 Å². The van der Waals surface area contributed by atoms with Crippen molar-refractivity contribution < 1.29 is 13.9 Å². The molecule has 0 fully saturated rings. The summed E-state index contributed by atoms with van der Waals surface area (Å²) in [5.74, 6) is 1.91. The maximum Gasteiger partial charge on any atom is 0.191 e. The number of nitrogens with zero attached hydrogens (tertiary/aromatic N) is 1. The van der Waals surface area contributed by atoms with Crippen LogP contribution >= 0.6 is 22.9 Å². The molecule has 0 radical (unpaired) electrons. The van der Waals surface area contributed by atoms with E-state index in [1.54, 1.807) is 13.2 Å². The van der Waals surface area contributed by atoms with Crippen molar-refractivity contribution in [3.8, 4) is 22.1 Å². The van der Waals surface area contributed by atoms with E-state index < -0.39 is 0 Å². The first-order chi connectivity index (χ1) is 7.75. The number of rotatable bonds is 1. The zero-order valence-corrected chi connectivity index (χ0v) is 10.0. The lowest BCUT2D eigenvalue weighted by Crippen LogP contribution is -2.14. The van der Waals surface area contributed by atoms with E-state index in [4.69, 9.17) is 25.5 Å². The van der Waals surface area contributed by atoms with Crippen LogP contribution in [0.5, 0.6) is 11.5 Å². The number of oxazole rings is 1. The zero-order valence-electron chi connectivity index (χ0n) is 8.45. The van der Waals surface area contributed by atoms with Gasteiger partial charge in [-0.05, 0) is 0 Å². The van der Waals surface area contributed by atoms with Gasteiger partial charge in [-0.15, -0.1) is 11.3 Å². The lowest BCUT2D eigenvalue weighted by atomic mass is 10.3. The molecule has 0 bridgehead atoms. The van der Waals surface area contributed by atoms with Gasteiger partial charge in [0.05, 0.1) is 0 Å². The number of aromatic nitrogens is 1. The highest BCUT2D eigenvalue weighted by molar-refractivity contribution is 7.20. The van der Waals surface area contributed by atoms with Gasteiger partial charge in [0.15, 0.2) is 17.4 Å². The highest BCUT2D eigenvalue weighted by Gasteiger charge is 2.25. The van der Waals surface area contributed by atoms with E-state index in [2.05, 4.69) is 4.98 Å². The second-order valence-electron chi connectivity index (χ2n) is 3.31. The van der Waals surface area contributed by atoms with E-state index in [9.17, 15) is 0 Å². The Bertz CT molecular complexity index is 534. The highest BCUT2D eigenvalue weighted by atomic mass is 35.5. The summed E-state index contributed by atoms with van der Waals surface area (Å²) in [6.07, 6.45) is 1.59. The molecule has 0 saturated heterocycles. The van der Waals surface area contributed by atoms with E-state index in [1.165, 1.54) is 11.3 Å². The SMILES string of the molecule is Cc1nc(-c2sc(Cl)c3c2OCCO3)co1. The largest absolute Gasteiger partial charge is 0.484 e. The van der Waals surface area contributed by atoms with Crippen LogP contribution in [0.3, 0.4) is 0 Å². The Morgan fingerprint density at radius 1 is 1.31 bits per heavy atom. The van der Waals surface area contributed by atoms with Crippen molar-refractivity contribution in [3.05, 3.63) is 16.5 Å². The van der Waals surface area contributed by atoms with Crippen molar-refractivity contribution in [2.24, 2.45) is 0 Å². The quantitative estimate of drug-likeness (QED) is 0.787. The van der Waals surface area contributed by atoms with E-state index in [1.807, 2.05) is 0 Å². The molecule has 0 unspecified atom stereocenters. The maximum absolute atomic E-state index is 6.07. The van der Waals surface area contributed by atoms with E-state index in [0.717, 1.165) is 10.6 Å². The fraction of sp³-hybridized carbons (Fsp3) is 0.300. The average Bonchev–Trinajstić information content (AvgIpc) is 2.84. The zero-order chi connectivity index (χ0) is 11.1. The molecular weight excluding hydrogens is 250 g/mol. The molecule has 3 rings (SSSR count). The fourth-order valence-corrected chi connectivity index (χ4v) is 2.79. The standard InChI is InChI=1S/C10H8ClNO3S/c1-5-12-6(4-15-5)9-7-8(10(11)16-9)14-3-2-13-7/h4H,2-3H2,1H3. The second-order valence-corrected chi connectivity index (χ2v) is 4.93. The Labute approximate surface area is 101 Å². The highest BCUT2D eigenvalue weighted by Crippen LogP contribution is 2.51. The van der Waals surface area contributed by atoms with E-state index >= 15 is 0 Å². The smallest absolute Gasteiger partial charge is 0.191 e. The van der Waals surface area contributed by atoms with Crippen LogP contribution in [0.4, 0.5) is 0 Å². The normalized spacial score (nSPS) is 14.1. The third-order valence-electron chi connectivity index (χ3n) is 2.21. The molecule has 1 aliphatic heterocycles. The minimum absolute atomic E-state index is 0.529. The van der Waals surface area contributed by atoms with Gasteiger partial charge < -0.3 is 13.9 Å². The summed E-state index contributed by atoms with van der Waals surface area (Å²) in [7, 11) is 0. The Hall–Kier alpha value is -1.20. The first-order valence-electron chi connectivity index (χ1n) is 4.76. The van der Waals surface area contributed by atoms with Crippen LogP contribution in [0, 0.1) is 6.92 Å². The molecule has 4 nitrogen and oxygen atoms in total. The minimum atomic E-state index is 0.529. The second kappa shape index (κ2) is 3.68. The molecule has 1 aliphatic rings. The molecule has 0 saturated carbocycles. The molecule has 16 heavy (non-hydrogen) atoms. The van der Waals surface area contributed by atoms with Gasteiger partial charge in [-0.25, -0.2) is 4.98 Å². The van der Waals surface area contributed by atoms with Crippen LogP contribution in [0.2, 0.25) is 4.34 Å². The van der Waals surface area contributed by atoms with Gasteiger partial charge in [-0.2, -0.15) is 0 Å². The first kappa shape index (κ1) is 9.99. The summed E-state index contributed by atoms with van der Waals surface area (Å²) in [5, 5.41) is 0. The van der Waals surface area contributed by atoms with Crippen molar-refractivity contribution in [1.29, 1.82) is 0 Å². The van der Waals surface area contributed by atoms with Crippen LogP contribution in [-0.2, 0) is 0 Å². The van der Waals surface area contributed by atoms with Gasteiger partial charge in [0.2, 0.25) is 0 Å². The van der Waals surface area contributed by atoms with E-state index in [0.29, 0.717) is 34.9 Å². The van der Waals surface area contributed by atoms with Crippen molar-refractivity contribution in [1.82, 2.24) is 4.98 Å². The summed E-state index contributed by atoms with van der Waals surface area (Å²) in [5.41, 5.74) is 0.733. The van der Waals surface area contributed by atoms with Crippen LogP contribution in [0.15, 0.2) is 10.7 Å². The Morgan fingerprint density at radius 2 is 2.06 bits per heavy atom. The molecule has 0 N–H and O–H groups in total. The maximum atomic E-state index is 6.07. The van der Waals surface area contributed by atoms with Gasteiger partial charge in [-0.3, -0.25) is 0 Å². The average molecular weight is 258 g/mol. The number of fused-ring (bicyclic) bond motifs is 1. The Kier molecular flexibility index (Phi) is 2.29. The van der Waals surface area contributed by atoms with Crippen LogP contribution in [-0.4, -0.2) is 18.2 Å². The summed E-state index contributed by atoms with van der Waals surface area (Å²) in [6, 6.07) is 0. The molecule has 0 spiro atoms. The predicted molar refractivity (Wildman–Crippen MR) is 60.6 cm³/mol. The molecule has 6 heteroatoms. The molecule has 3 heterocycles. The molecule has 2 aromatic rings. The summed E-state index contributed by atoms with van der Waals surface area (Å²) in [6.45, 7) is 2.85. The molecule has 84 valence electrons. The molecule has 0 aliphatic carbocycles. The third-order valence-corrected chi connectivity index (χ3v) is 3.58. The van der Waals surface area contributed by atoms with Crippen molar-refractivity contribution in [2.75, 3.05) is 13.2 Å². The number of ether oxygens (including phenoxy) is 2. The summed E-state index contributed by atoms with van der Waals surface area (Å²) >= 11 is 7.46. The van der Waals surface area contributed by atoms with Gasteiger partial charge in [0.25, 0.3) is 0 Å². The van der Waals surface area contributed by atoms with Crippen LogP contribution < -0.4 is 9.47 Å². The summed E-state index contributed by atoms with van der Waals surface area (Å²) in [4.78, 5) is 5.11. The number of thiophene rings is 1. The van der Waals surface area contributed by atoms with Crippen LogP contribution in [0.1, 0.15) is 5.89 Å². The monoisotopic (exact) mass is 257 g/mol. The molecule has 0 aromatic carbocycles. The number of hydrogen-bond donors (Lipinski definition) is 0. The fourth-order valence-electron chi connectivity index (χ4n) is 1.55. The lowest BCUT2D eigenvalue weighted by Gasteiger charge is -2.15. The third kappa shape index (κ3) is 1.47. The minimum Gasteiger partial charge on any atom is -0.484 e. The Morgan fingerprint density at radius 3 is 2.75 bits per heavy atom. The molecule has 2 aromatic heterocycles. The molecular formula is C10H8ClNO3S. The Balaban J connectivity index is 2.14. The van der Waals surface area contributed by atoms with Gasteiger partial charge in [-0.1, -0.05) is 11.6 Å². The molecule has 0 amide bonds. The topological polar surface area (TPSA) is 44.5 Å². The van der Waals surface area contributed by atoms with Crippen LogP contribution in [0.25, 0.3) is 10.6 Å². The number of aryl methyl sites for hydroxylation is 1. The predicted octanol–water partition coefficient (Wildman–Crippen LogP) is 3.14. The lowest BCUT2D eigenvalue weighted by molar-refractivity contribution is 0.174. The van der Waals surface area contributed by atoms with Gasteiger partial charge in [0, 0.05) is 6.92 Å².